The SMILES string of the molecule is C=C(/N=C(\C=C/N)Oc1ccccc1CNC(=O)Nc1cc(C(C)(C)C)nn1-c1ccc(C)c(OC)c1)N1CCOCC1. The lowest BCUT2D eigenvalue weighted by atomic mass is 9.92. The van der Waals surface area contributed by atoms with Crippen LogP contribution < -0.4 is 25.8 Å². The summed E-state index contributed by atoms with van der Waals surface area (Å²) in [6.07, 6.45) is 2.93. The molecule has 1 saturated heterocycles. The molecule has 0 bridgehead atoms. The summed E-state index contributed by atoms with van der Waals surface area (Å²) in [6, 6.07) is 14.7. The van der Waals surface area contributed by atoms with Gasteiger partial charge in [-0.2, -0.15) is 10.1 Å². The van der Waals surface area contributed by atoms with Crippen LogP contribution in [0.15, 0.2) is 78.2 Å². The third kappa shape index (κ3) is 8.16. The quantitative estimate of drug-likeness (QED) is 0.241. The number of amides is 2. The highest BCUT2D eigenvalue weighted by Gasteiger charge is 2.22. The van der Waals surface area contributed by atoms with Gasteiger partial charge in [-0.15, -0.1) is 0 Å². The van der Waals surface area contributed by atoms with Crippen molar-refractivity contribution in [3.05, 3.63) is 90.0 Å². The van der Waals surface area contributed by atoms with Crippen LogP contribution in [0.4, 0.5) is 10.6 Å². The highest BCUT2D eigenvalue weighted by Crippen LogP contribution is 2.29. The second kappa shape index (κ2) is 13.9. The molecule has 1 fully saturated rings. The number of carbonyl (C=O) groups excluding carboxylic acids is 1. The van der Waals surface area contributed by atoms with Gasteiger partial charge in [0.25, 0.3) is 0 Å². The standard InChI is InChI=1S/C32H41N7O4/c1-22-11-12-25(19-27(22)41-6)39-29(20-28(37-39)32(3,4)5)36-31(40)34-21-24-9-7-8-10-26(24)43-30(13-14-33)35-23(2)38-15-17-42-18-16-38/h7-14,19-20H,2,15-18,21,33H2,1,3-6H3,(H2,34,36,40)/b14-13-,35-30+. The van der Waals surface area contributed by atoms with Crippen molar-refractivity contribution in [1.29, 1.82) is 0 Å². The van der Waals surface area contributed by atoms with E-state index < -0.39 is 6.03 Å². The van der Waals surface area contributed by atoms with Gasteiger partial charge in [0.15, 0.2) is 0 Å². The predicted molar refractivity (Wildman–Crippen MR) is 169 cm³/mol. The Hall–Kier alpha value is -4.77. The number of rotatable bonds is 9. The van der Waals surface area contributed by atoms with E-state index in [0.717, 1.165) is 28.3 Å². The molecular weight excluding hydrogens is 546 g/mol. The molecule has 1 aliphatic heterocycles. The lowest BCUT2D eigenvalue weighted by Crippen LogP contribution is -2.35. The van der Waals surface area contributed by atoms with Gasteiger partial charge in [-0.1, -0.05) is 51.6 Å². The number of nitrogens with two attached hydrogens (primary N) is 1. The summed E-state index contributed by atoms with van der Waals surface area (Å²) < 4.78 is 18.7. The number of nitrogens with zero attached hydrogens (tertiary/aromatic N) is 4. The average Bonchev–Trinajstić information content (AvgIpc) is 3.42. The molecular formula is C32H41N7O4. The number of morpholine rings is 1. The minimum Gasteiger partial charge on any atom is -0.496 e. The molecule has 1 aliphatic rings. The van der Waals surface area contributed by atoms with Crippen LogP contribution in [0.25, 0.3) is 5.69 Å². The fraction of sp³-hybridized carbons (Fsp3) is 0.344. The van der Waals surface area contributed by atoms with Crippen LogP contribution in [0.5, 0.6) is 11.5 Å². The molecule has 4 rings (SSSR count). The molecule has 228 valence electrons. The van der Waals surface area contributed by atoms with Gasteiger partial charge in [0.1, 0.15) is 23.1 Å². The van der Waals surface area contributed by atoms with Crippen molar-refractivity contribution in [1.82, 2.24) is 20.0 Å². The van der Waals surface area contributed by atoms with Gasteiger partial charge in [0.2, 0.25) is 5.90 Å². The zero-order chi connectivity index (χ0) is 31.0. The molecule has 0 unspecified atom stereocenters. The van der Waals surface area contributed by atoms with Gasteiger partial charge >= 0.3 is 6.03 Å². The van der Waals surface area contributed by atoms with Crippen LogP contribution in [0.2, 0.25) is 0 Å². The predicted octanol–water partition coefficient (Wildman–Crippen LogP) is 4.86. The van der Waals surface area contributed by atoms with Crippen LogP contribution in [0.3, 0.4) is 0 Å². The van der Waals surface area contributed by atoms with Gasteiger partial charge in [-0.25, -0.2) is 9.48 Å². The minimum absolute atomic E-state index is 0.199. The zero-order valence-corrected chi connectivity index (χ0v) is 25.5. The number of carbonyl (C=O) groups is 1. The van der Waals surface area contributed by atoms with Crippen LogP contribution in [-0.2, 0) is 16.7 Å². The maximum absolute atomic E-state index is 13.2. The van der Waals surface area contributed by atoms with Gasteiger partial charge in [-0.05, 0) is 30.8 Å². The Balaban J connectivity index is 1.50. The number of methoxy groups -OCH3 is 1. The van der Waals surface area contributed by atoms with Gasteiger partial charge in [-0.3, -0.25) is 5.32 Å². The first-order chi connectivity index (χ1) is 20.6. The monoisotopic (exact) mass is 587 g/mol. The third-order valence-electron chi connectivity index (χ3n) is 6.84. The van der Waals surface area contributed by atoms with E-state index in [2.05, 4.69) is 43.0 Å². The van der Waals surface area contributed by atoms with Crippen LogP contribution in [0.1, 0.15) is 37.6 Å². The molecule has 43 heavy (non-hydrogen) atoms. The number of ether oxygens (including phenoxy) is 3. The zero-order valence-electron chi connectivity index (χ0n) is 25.5. The molecule has 4 N–H and O–H groups in total. The Bertz CT molecular complexity index is 1500. The second-order valence-electron chi connectivity index (χ2n) is 11.1. The molecule has 11 nitrogen and oxygen atoms in total. The van der Waals surface area contributed by atoms with Gasteiger partial charge < -0.3 is 30.2 Å². The molecule has 1 aromatic heterocycles. The average molecular weight is 588 g/mol. The number of urea groups is 1. The number of anilines is 1. The number of hydrogen-bond acceptors (Lipinski definition) is 8. The summed E-state index contributed by atoms with van der Waals surface area (Å²) in [5, 5.41) is 10.7. The highest BCUT2D eigenvalue weighted by atomic mass is 16.5. The number of hydrogen-bond donors (Lipinski definition) is 3. The number of aryl methyl sites for hydroxylation is 1. The summed E-state index contributed by atoms with van der Waals surface area (Å²) in [7, 11) is 1.63. The normalized spacial score (nSPS) is 14.1. The summed E-state index contributed by atoms with van der Waals surface area (Å²) in [5.74, 6) is 2.63. The van der Waals surface area contributed by atoms with Crippen LogP contribution in [0, 0.1) is 6.92 Å². The van der Waals surface area contributed by atoms with Crippen molar-refractivity contribution in [2.75, 3.05) is 38.7 Å². The van der Waals surface area contributed by atoms with Crippen molar-refractivity contribution in [2.24, 2.45) is 10.7 Å². The molecule has 2 aromatic carbocycles. The van der Waals surface area contributed by atoms with E-state index in [1.54, 1.807) is 17.9 Å². The first-order valence-corrected chi connectivity index (χ1v) is 14.1. The van der Waals surface area contributed by atoms with Crippen molar-refractivity contribution in [2.45, 2.75) is 39.7 Å². The smallest absolute Gasteiger partial charge is 0.320 e. The van der Waals surface area contributed by atoms with E-state index in [-0.39, 0.29) is 17.9 Å². The first kappa shape index (κ1) is 31.2. The number of aromatic nitrogens is 2. The van der Waals surface area contributed by atoms with E-state index in [1.807, 2.05) is 60.4 Å². The molecule has 0 saturated carbocycles. The van der Waals surface area contributed by atoms with Gasteiger partial charge in [0.05, 0.1) is 31.7 Å². The lowest BCUT2D eigenvalue weighted by Gasteiger charge is -2.28. The van der Waals surface area contributed by atoms with E-state index >= 15 is 0 Å². The maximum atomic E-state index is 13.2. The van der Waals surface area contributed by atoms with Crippen molar-refractivity contribution < 1.29 is 19.0 Å². The van der Waals surface area contributed by atoms with E-state index in [0.29, 0.717) is 43.7 Å². The van der Waals surface area contributed by atoms with Crippen molar-refractivity contribution in [3.8, 4) is 17.2 Å². The number of benzene rings is 2. The summed E-state index contributed by atoms with van der Waals surface area (Å²) in [4.78, 5) is 19.7. The fourth-order valence-electron chi connectivity index (χ4n) is 4.37. The molecule has 0 atom stereocenters. The van der Waals surface area contributed by atoms with Crippen LogP contribution in [-0.4, -0.2) is 60.0 Å². The Morgan fingerprint density at radius 1 is 1.16 bits per heavy atom. The Kier molecular flexibility index (Phi) is 10.1. The topological polar surface area (TPSA) is 128 Å². The lowest BCUT2D eigenvalue weighted by molar-refractivity contribution is 0.0533. The van der Waals surface area contributed by atoms with Crippen molar-refractivity contribution in [3.63, 3.8) is 0 Å². The van der Waals surface area contributed by atoms with Crippen molar-refractivity contribution >= 4 is 17.7 Å². The van der Waals surface area contributed by atoms with Crippen LogP contribution >= 0.6 is 0 Å². The van der Waals surface area contributed by atoms with E-state index in [4.69, 9.17) is 25.0 Å². The molecule has 3 aromatic rings. The molecule has 0 spiro atoms. The Labute approximate surface area is 253 Å². The van der Waals surface area contributed by atoms with E-state index in [9.17, 15) is 4.79 Å². The molecule has 0 radical (unpaired) electrons. The number of nitrogens with one attached hydrogen (secondary N) is 2. The Morgan fingerprint density at radius 2 is 1.91 bits per heavy atom. The maximum Gasteiger partial charge on any atom is 0.320 e. The highest BCUT2D eigenvalue weighted by molar-refractivity contribution is 5.90. The second-order valence-corrected chi connectivity index (χ2v) is 11.1. The third-order valence-corrected chi connectivity index (χ3v) is 6.84. The summed E-state index contributed by atoms with van der Waals surface area (Å²) in [6.45, 7) is 15.1. The van der Waals surface area contributed by atoms with E-state index in [1.165, 1.54) is 6.20 Å². The fourth-order valence-corrected chi connectivity index (χ4v) is 4.37. The summed E-state index contributed by atoms with van der Waals surface area (Å²) >= 11 is 0. The largest absolute Gasteiger partial charge is 0.496 e. The van der Waals surface area contributed by atoms with Gasteiger partial charge in [0, 0.05) is 48.8 Å². The molecule has 2 heterocycles. The summed E-state index contributed by atoms with van der Waals surface area (Å²) in [5.41, 5.74) is 8.80. The minimum atomic E-state index is -0.396. The molecule has 11 heteroatoms. The first-order valence-electron chi connectivity index (χ1n) is 14.1. The Morgan fingerprint density at radius 3 is 2.60 bits per heavy atom. The molecule has 2 amide bonds. The number of para-hydroxylation sites is 1. The number of aliphatic imine (C=N–C) groups is 1. The molecule has 0 aliphatic carbocycles.